The maximum atomic E-state index is 13.1. The molecule has 0 aliphatic carbocycles. The minimum Gasteiger partial charge on any atom is -0.495 e. The van der Waals surface area contributed by atoms with Crippen LogP contribution < -0.4 is 15.8 Å². The van der Waals surface area contributed by atoms with Crippen molar-refractivity contribution in [2.75, 3.05) is 20.0 Å². The van der Waals surface area contributed by atoms with Gasteiger partial charge in [-0.1, -0.05) is 6.07 Å². The van der Waals surface area contributed by atoms with E-state index in [9.17, 15) is 13.2 Å². The monoisotopic (exact) mass is 430 g/mol. The van der Waals surface area contributed by atoms with Gasteiger partial charge < -0.3 is 20.7 Å². The number of carbonyl (C=O) groups is 1. The number of hydrogen-bond donors (Lipinski definition) is 2. The largest absolute Gasteiger partial charge is 0.495 e. The van der Waals surface area contributed by atoms with Crippen molar-refractivity contribution in [3.63, 3.8) is 0 Å². The van der Waals surface area contributed by atoms with E-state index >= 15 is 0 Å². The Bertz CT molecular complexity index is 884. The molecule has 1 heterocycles. The van der Waals surface area contributed by atoms with Gasteiger partial charge in [-0.25, -0.2) is 13.2 Å². The minimum absolute atomic E-state index is 0.0889. The van der Waals surface area contributed by atoms with Crippen molar-refractivity contribution in [3.8, 4) is 5.75 Å². The first kappa shape index (κ1) is 21.3. The van der Waals surface area contributed by atoms with Crippen molar-refractivity contribution in [2.24, 2.45) is 5.73 Å². The highest BCUT2D eigenvalue weighted by atomic mass is 32.2. The molecule has 3 N–H and O–H groups in total. The highest BCUT2D eigenvalue weighted by Crippen LogP contribution is 2.37. The van der Waals surface area contributed by atoms with E-state index in [1.807, 2.05) is 25.5 Å². The van der Waals surface area contributed by atoms with Crippen LogP contribution in [-0.4, -0.2) is 48.8 Å². The van der Waals surface area contributed by atoms with Crippen molar-refractivity contribution in [2.45, 2.75) is 24.3 Å². The van der Waals surface area contributed by atoms with Gasteiger partial charge in [-0.3, -0.25) is 0 Å². The Kier molecular flexibility index (Phi) is 6.28. The van der Waals surface area contributed by atoms with Gasteiger partial charge in [-0.15, -0.1) is 11.8 Å². The molecule has 8 nitrogen and oxygen atoms in total. The van der Waals surface area contributed by atoms with Crippen LogP contribution in [0.15, 0.2) is 34.7 Å². The molecule has 0 saturated carbocycles. The lowest BCUT2D eigenvalue weighted by Gasteiger charge is -2.36. The maximum Gasteiger partial charge on any atom is 0.335 e. The van der Waals surface area contributed by atoms with Gasteiger partial charge in [0.05, 0.1) is 18.5 Å². The number of rotatable bonds is 5. The minimum atomic E-state index is -4.37. The Morgan fingerprint density at radius 2 is 2.11 bits per heavy atom. The number of benzene rings is 1. The first-order chi connectivity index (χ1) is 12.6. The molecule has 1 aliphatic rings. The second-order valence-corrected chi connectivity index (χ2v) is 9.14. The van der Waals surface area contributed by atoms with Gasteiger partial charge in [0.2, 0.25) is 0 Å². The van der Waals surface area contributed by atoms with Crippen molar-refractivity contribution >= 4 is 45.1 Å². The molecular weight excluding hydrogens is 408 g/mol. The number of hydrogen-bond acceptors (Lipinski definition) is 7. The van der Waals surface area contributed by atoms with E-state index in [1.54, 1.807) is 23.9 Å². The van der Waals surface area contributed by atoms with Crippen LogP contribution in [-0.2, 0) is 15.6 Å². The molecule has 2 rings (SSSR count). The number of sulfonamides is 1. The summed E-state index contributed by atoms with van der Waals surface area (Å²) in [6, 6.07) is 3.62. The lowest BCUT2D eigenvalue weighted by molar-refractivity contribution is 0.221. The summed E-state index contributed by atoms with van der Waals surface area (Å²) >= 11 is 6.59. The fraction of sp³-hybridized carbons (Fsp3) is 0.375. The standard InChI is InChI=1S/C16H22N4O4S3/c1-16(2,19-7-8-26-10-19)11-5-6-12(24-4)13(9-11)27(22,23)20(14(17)21)15(25)18-3/h5-9H,10H2,1-4H3,(H2,17,21)(H,18,25). The smallest absolute Gasteiger partial charge is 0.335 e. The Morgan fingerprint density at radius 3 is 2.59 bits per heavy atom. The quantitative estimate of drug-likeness (QED) is 0.683. The molecule has 148 valence electrons. The second-order valence-electron chi connectivity index (χ2n) is 6.14. The molecule has 27 heavy (non-hydrogen) atoms. The molecule has 1 aliphatic heterocycles. The fourth-order valence-corrected chi connectivity index (χ4v) is 5.28. The summed E-state index contributed by atoms with van der Waals surface area (Å²) in [6.07, 6.45) is 1.95. The van der Waals surface area contributed by atoms with Gasteiger partial charge >= 0.3 is 6.03 Å². The third-order valence-corrected chi connectivity index (χ3v) is 7.22. The van der Waals surface area contributed by atoms with E-state index in [2.05, 4.69) is 10.2 Å². The molecule has 0 saturated heterocycles. The fourth-order valence-electron chi connectivity index (χ4n) is 2.58. The predicted molar refractivity (Wildman–Crippen MR) is 110 cm³/mol. The zero-order valence-electron chi connectivity index (χ0n) is 15.4. The summed E-state index contributed by atoms with van der Waals surface area (Å²) in [5.74, 6) is 0.837. The van der Waals surface area contributed by atoms with E-state index in [0.29, 0.717) is 4.31 Å². The van der Waals surface area contributed by atoms with Gasteiger partial charge in [0.25, 0.3) is 10.0 Å². The van der Waals surface area contributed by atoms with Gasteiger partial charge in [0, 0.05) is 13.2 Å². The lowest BCUT2D eigenvalue weighted by atomic mass is 9.93. The Hall–Kier alpha value is -1.98. The van der Waals surface area contributed by atoms with Crippen LogP contribution in [0.1, 0.15) is 19.4 Å². The van der Waals surface area contributed by atoms with Crippen LogP contribution in [0.25, 0.3) is 0 Å². The van der Waals surface area contributed by atoms with Crippen molar-refractivity contribution in [1.82, 2.24) is 14.5 Å². The summed E-state index contributed by atoms with van der Waals surface area (Å²) in [4.78, 5) is 13.7. The zero-order valence-corrected chi connectivity index (χ0v) is 17.9. The van der Waals surface area contributed by atoms with Crippen LogP contribution >= 0.6 is 24.0 Å². The van der Waals surface area contributed by atoms with E-state index in [0.717, 1.165) is 11.4 Å². The molecule has 0 atom stereocenters. The molecule has 0 unspecified atom stereocenters. The number of primary amides is 1. The normalized spacial score (nSPS) is 14.1. The summed E-state index contributed by atoms with van der Waals surface area (Å²) in [6.45, 7) is 3.96. The molecule has 1 aromatic rings. The molecule has 11 heteroatoms. The van der Waals surface area contributed by atoms with Crippen LogP contribution in [0.4, 0.5) is 4.79 Å². The molecule has 1 aromatic carbocycles. The van der Waals surface area contributed by atoms with Crippen molar-refractivity contribution in [3.05, 3.63) is 35.4 Å². The third kappa shape index (κ3) is 3.99. The highest BCUT2D eigenvalue weighted by molar-refractivity contribution is 8.02. The third-order valence-electron chi connectivity index (χ3n) is 4.26. The average Bonchev–Trinajstić information content (AvgIpc) is 3.15. The molecule has 2 amide bonds. The van der Waals surface area contributed by atoms with Crippen molar-refractivity contribution < 1.29 is 17.9 Å². The predicted octanol–water partition coefficient (Wildman–Crippen LogP) is 1.98. The van der Waals surface area contributed by atoms with E-state index < -0.39 is 21.6 Å². The van der Waals surface area contributed by atoms with E-state index in [1.165, 1.54) is 20.2 Å². The molecule has 0 fully saturated rings. The molecule has 0 bridgehead atoms. The topological polar surface area (TPSA) is 105 Å². The van der Waals surface area contributed by atoms with Gasteiger partial charge in [0.1, 0.15) is 10.6 Å². The number of nitrogens with one attached hydrogen (secondary N) is 1. The summed E-state index contributed by atoms with van der Waals surface area (Å²) < 4.78 is 31.8. The number of thiocarbonyl (C=S) groups is 1. The van der Waals surface area contributed by atoms with Crippen molar-refractivity contribution in [1.29, 1.82) is 0 Å². The summed E-state index contributed by atoms with van der Waals surface area (Å²) in [5, 5.41) is 4.12. The Balaban J connectivity index is 2.62. The molecule has 0 spiro atoms. The number of nitrogens with two attached hydrogens (primary N) is 1. The van der Waals surface area contributed by atoms with Crippen LogP contribution in [0, 0.1) is 0 Å². The molecule has 0 aromatic heterocycles. The zero-order chi connectivity index (χ0) is 20.4. The number of ether oxygens (including phenoxy) is 1. The highest BCUT2D eigenvalue weighted by Gasteiger charge is 2.36. The van der Waals surface area contributed by atoms with E-state index in [-0.39, 0.29) is 15.8 Å². The number of nitrogens with zero attached hydrogens (tertiary/aromatic N) is 2. The first-order valence-electron chi connectivity index (χ1n) is 7.87. The number of urea groups is 1. The number of methoxy groups -OCH3 is 1. The summed E-state index contributed by atoms with van der Waals surface area (Å²) in [7, 11) is -1.62. The molecular formula is C16H22N4O4S3. The second kappa shape index (κ2) is 7.95. The van der Waals surface area contributed by atoms with Gasteiger partial charge in [0.15, 0.2) is 5.11 Å². The lowest BCUT2D eigenvalue weighted by Crippen LogP contribution is -2.48. The summed E-state index contributed by atoms with van der Waals surface area (Å²) in [5.41, 5.74) is 5.51. The number of amides is 2. The number of thioether (sulfide) groups is 1. The van der Waals surface area contributed by atoms with Gasteiger partial charge in [-0.05, 0) is 49.2 Å². The number of carbonyl (C=O) groups excluding carboxylic acids is 1. The first-order valence-corrected chi connectivity index (χ1v) is 10.8. The maximum absolute atomic E-state index is 13.1. The van der Waals surface area contributed by atoms with Crippen LogP contribution in [0.3, 0.4) is 0 Å². The Morgan fingerprint density at radius 1 is 1.44 bits per heavy atom. The SMILES string of the molecule is CNC(=S)N(C(N)=O)S(=O)(=O)c1cc(C(C)(C)N2C=CSC2)ccc1OC. The molecule has 0 radical (unpaired) electrons. The van der Waals surface area contributed by atoms with Crippen LogP contribution in [0.5, 0.6) is 5.75 Å². The van der Waals surface area contributed by atoms with E-state index in [4.69, 9.17) is 22.7 Å². The Labute approximate surface area is 168 Å². The average molecular weight is 431 g/mol. The van der Waals surface area contributed by atoms with Crippen LogP contribution in [0.2, 0.25) is 0 Å². The van der Waals surface area contributed by atoms with Gasteiger partial charge in [-0.2, -0.15) is 4.31 Å².